The van der Waals surface area contributed by atoms with Gasteiger partial charge < -0.3 is 27.8 Å². The van der Waals surface area contributed by atoms with E-state index < -0.39 is 69.3 Å². The molecule has 0 atom stereocenters. The van der Waals surface area contributed by atoms with Gasteiger partial charge in [-0.05, 0) is 48.5 Å². The maximum atomic E-state index is 13.9. The van der Waals surface area contributed by atoms with Crippen LogP contribution in [0.1, 0.15) is 41.4 Å². The molecule has 0 aliphatic carbocycles. The van der Waals surface area contributed by atoms with Crippen molar-refractivity contribution in [3.05, 3.63) is 177 Å². The lowest BCUT2D eigenvalue weighted by molar-refractivity contribution is 0.0682. The smallest absolute Gasteiger partial charge is 0.344 e. The van der Waals surface area contributed by atoms with Crippen molar-refractivity contribution in [1.29, 1.82) is 0 Å². The molecule has 0 saturated heterocycles. The second-order valence-corrected chi connectivity index (χ2v) is 11.7. The predicted molar refractivity (Wildman–Crippen MR) is 193 cm³/mol. The monoisotopic (exact) mass is 718 g/mol. The van der Waals surface area contributed by atoms with E-state index in [2.05, 4.69) is 0 Å². The van der Waals surface area contributed by atoms with Crippen molar-refractivity contribution in [3.63, 3.8) is 0 Å². The van der Waals surface area contributed by atoms with Gasteiger partial charge in [-0.25, -0.2) is 28.8 Å². The summed E-state index contributed by atoms with van der Waals surface area (Å²) >= 11 is 0. The number of carbonyl (C=O) groups excluding carboxylic acids is 4. The van der Waals surface area contributed by atoms with Crippen LogP contribution in [-0.4, -0.2) is 23.9 Å². The lowest BCUT2D eigenvalue weighted by atomic mass is 10.0. The van der Waals surface area contributed by atoms with E-state index in [-0.39, 0.29) is 43.8 Å². The van der Waals surface area contributed by atoms with Crippen molar-refractivity contribution in [1.82, 2.24) is 0 Å². The van der Waals surface area contributed by atoms with Crippen molar-refractivity contribution < 1.29 is 47.0 Å². The van der Waals surface area contributed by atoms with Crippen LogP contribution in [0.2, 0.25) is 0 Å². The number of esters is 4. The van der Waals surface area contributed by atoms with Crippen LogP contribution in [0, 0.1) is 0 Å². The fraction of sp³-hybridized carbons (Fsp3) is 0. The number of hydrogen-bond acceptors (Lipinski definition) is 12. The SMILES string of the molecule is O=C(Oc1cc2c(=O)oc3c(OC(=O)c4ccccc4)c(OC(=O)c4ccccc4)cc4c(=O)oc(c1OC(=O)c1ccccc1)c2c34)c1ccccc1. The average Bonchev–Trinajstić information content (AvgIpc) is 3.20. The van der Waals surface area contributed by atoms with Gasteiger partial charge in [0.1, 0.15) is 0 Å². The molecule has 0 saturated carbocycles. The summed E-state index contributed by atoms with van der Waals surface area (Å²) in [5.41, 5.74) is -2.60. The number of ether oxygens (including phenoxy) is 4. The van der Waals surface area contributed by atoms with Gasteiger partial charge in [0, 0.05) is 22.9 Å². The Balaban J connectivity index is 1.39. The van der Waals surface area contributed by atoms with Gasteiger partial charge in [0.2, 0.25) is 11.5 Å². The van der Waals surface area contributed by atoms with Crippen LogP contribution in [0.15, 0.2) is 152 Å². The highest BCUT2D eigenvalue weighted by Crippen LogP contribution is 2.47. The van der Waals surface area contributed by atoms with Gasteiger partial charge >= 0.3 is 35.1 Å². The van der Waals surface area contributed by atoms with Crippen molar-refractivity contribution in [3.8, 4) is 23.0 Å². The molecule has 0 spiro atoms. The summed E-state index contributed by atoms with van der Waals surface area (Å²) in [6.07, 6.45) is 0. The van der Waals surface area contributed by atoms with Gasteiger partial charge in [0.25, 0.3) is 0 Å². The first-order chi connectivity index (χ1) is 26.3. The number of rotatable bonds is 8. The molecular formula is C42H22O12. The van der Waals surface area contributed by atoms with Crippen LogP contribution in [0.4, 0.5) is 0 Å². The molecule has 0 radical (unpaired) electrons. The Labute approximate surface area is 302 Å². The Hall–Kier alpha value is -7.86. The van der Waals surface area contributed by atoms with E-state index in [1.807, 2.05) is 0 Å². The normalized spacial score (nSPS) is 11.0. The molecule has 2 heterocycles. The van der Waals surface area contributed by atoms with E-state index in [4.69, 9.17) is 27.8 Å². The molecule has 0 bridgehead atoms. The van der Waals surface area contributed by atoms with E-state index in [0.717, 1.165) is 12.1 Å². The molecular weight excluding hydrogens is 696 g/mol. The molecule has 0 aliphatic heterocycles. The predicted octanol–water partition coefficient (Wildman–Crippen LogP) is 7.37. The van der Waals surface area contributed by atoms with Gasteiger partial charge in [-0.1, -0.05) is 72.8 Å². The fourth-order valence-corrected chi connectivity index (χ4v) is 5.80. The van der Waals surface area contributed by atoms with Gasteiger partial charge in [-0.3, -0.25) is 0 Å². The molecule has 0 aliphatic rings. The zero-order valence-electron chi connectivity index (χ0n) is 27.6. The maximum Gasteiger partial charge on any atom is 0.344 e. The third kappa shape index (κ3) is 6.09. The third-order valence-electron chi connectivity index (χ3n) is 8.32. The molecule has 0 amide bonds. The molecule has 54 heavy (non-hydrogen) atoms. The standard InChI is InChI=1S/C42H22O12/c43-37(23-13-5-1-6-14-23)49-29-21-27-31-32-28(42(48)53-35(31)33(29)51-39(45)25-17-9-3-10-18-25)22-30(50-38(44)24-15-7-2-8-16-24)34(36(32)54-41(27)47)52-40(46)26-19-11-4-12-20-26/h1-22H. The number of hydrogen-bond donors (Lipinski definition) is 0. The van der Waals surface area contributed by atoms with Crippen LogP contribution in [0.25, 0.3) is 32.7 Å². The van der Waals surface area contributed by atoms with E-state index in [0.29, 0.717) is 0 Å². The molecule has 0 unspecified atom stereocenters. The minimum atomic E-state index is -1.07. The van der Waals surface area contributed by atoms with E-state index in [9.17, 15) is 28.8 Å². The molecule has 0 N–H and O–H groups in total. The van der Waals surface area contributed by atoms with Gasteiger partial charge in [0.15, 0.2) is 22.7 Å². The highest BCUT2D eigenvalue weighted by molar-refractivity contribution is 6.23. The van der Waals surface area contributed by atoms with Crippen LogP contribution in [0.3, 0.4) is 0 Å². The first-order valence-electron chi connectivity index (χ1n) is 16.2. The minimum absolute atomic E-state index is 0.102. The van der Waals surface area contributed by atoms with Crippen LogP contribution in [0.5, 0.6) is 23.0 Å². The van der Waals surface area contributed by atoms with Crippen molar-refractivity contribution in [2.24, 2.45) is 0 Å². The first kappa shape index (κ1) is 33.3. The summed E-state index contributed by atoms with van der Waals surface area (Å²) in [6, 6.07) is 33.6. The zero-order chi connectivity index (χ0) is 37.3. The Kier molecular flexibility index (Phi) is 8.44. The highest BCUT2D eigenvalue weighted by atomic mass is 16.6. The van der Waals surface area contributed by atoms with Gasteiger partial charge in [0.05, 0.1) is 33.0 Å². The number of benzene rings is 6. The van der Waals surface area contributed by atoms with Crippen molar-refractivity contribution in [2.45, 2.75) is 0 Å². The molecule has 6 aromatic carbocycles. The van der Waals surface area contributed by atoms with Crippen molar-refractivity contribution in [2.75, 3.05) is 0 Å². The minimum Gasteiger partial charge on any atom is -0.419 e. The molecule has 8 aromatic rings. The van der Waals surface area contributed by atoms with Gasteiger partial charge in [-0.15, -0.1) is 0 Å². The molecule has 2 aromatic heterocycles. The average molecular weight is 719 g/mol. The summed E-state index contributed by atoms with van der Waals surface area (Å²) in [7, 11) is 0. The zero-order valence-corrected chi connectivity index (χ0v) is 27.6. The molecule has 12 heteroatoms. The van der Waals surface area contributed by atoms with Crippen LogP contribution >= 0.6 is 0 Å². The summed E-state index contributed by atoms with van der Waals surface area (Å²) in [4.78, 5) is 81.2. The number of carbonyl (C=O) groups is 4. The Bertz CT molecular complexity index is 2660. The lowest BCUT2D eigenvalue weighted by Crippen LogP contribution is -2.16. The second kappa shape index (κ2) is 13.7. The molecule has 0 fully saturated rings. The highest BCUT2D eigenvalue weighted by Gasteiger charge is 2.31. The Morgan fingerprint density at radius 3 is 0.963 bits per heavy atom. The van der Waals surface area contributed by atoms with Crippen molar-refractivity contribution >= 4 is 56.6 Å². The molecule has 8 rings (SSSR count). The van der Waals surface area contributed by atoms with E-state index in [1.54, 1.807) is 72.8 Å². The fourth-order valence-electron chi connectivity index (χ4n) is 5.80. The molecule has 262 valence electrons. The summed E-state index contributed by atoms with van der Waals surface area (Å²) in [6.45, 7) is 0. The largest absolute Gasteiger partial charge is 0.419 e. The maximum absolute atomic E-state index is 13.9. The quantitative estimate of drug-likeness (QED) is 0.0664. The molecule has 12 nitrogen and oxygen atoms in total. The van der Waals surface area contributed by atoms with Crippen LogP contribution in [-0.2, 0) is 0 Å². The summed E-state index contributed by atoms with van der Waals surface area (Å²) in [5, 5.41) is -0.722. The lowest BCUT2D eigenvalue weighted by Gasteiger charge is -2.17. The summed E-state index contributed by atoms with van der Waals surface area (Å²) < 4.78 is 34.3. The second-order valence-electron chi connectivity index (χ2n) is 11.7. The van der Waals surface area contributed by atoms with Crippen LogP contribution < -0.4 is 30.2 Å². The van der Waals surface area contributed by atoms with Gasteiger partial charge in [-0.2, -0.15) is 0 Å². The Morgan fingerprint density at radius 2 is 0.667 bits per heavy atom. The summed E-state index contributed by atoms with van der Waals surface area (Å²) in [5.74, 6) is -5.48. The van der Waals surface area contributed by atoms with E-state index >= 15 is 0 Å². The topological polar surface area (TPSA) is 166 Å². The Morgan fingerprint density at radius 1 is 0.389 bits per heavy atom. The third-order valence-corrected chi connectivity index (χ3v) is 8.32. The first-order valence-corrected chi connectivity index (χ1v) is 16.2. The van der Waals surface area contributed by atoms with E-state index in [1.165, 1.54) is 48.5 Å².